The second-order valence-electron chi connectivity index (χ2n) is 5.79. The van der Waals surface area contributed by atoms with Crippen molar-refractivity contribution in [2.75, 3.05) is 39.3 Å². The lowest BCUT2D eigenvalue weighted by molar-refractivity contribution is -0.0545. The Labute approximate surface area is 110 Å². The van der Waals surface area contributed by atoms with Crippen LogP contribution in [0.1, 0.15) is 26.7 Å². The predicted molar refractivity (Wildman–Crippen MR) is 71.2 cm³/mol. The molecule has 0 radical (unpaired) electrons. The monoisotopic (exact) mass is 251 g/mol. The number of piperidine rings is 1. The van der Waals surface area contributed by atoms with Crippen LogP contribution in [0.5, 0.6) is 0 Å². The lowest BCUT2D eigenvalue weighted by Gasteiger charge is -2.38. The van der Waals surface area contributed by atoms with Gasteiger partial charge in [-0.1, -0.05) is 0 Å². The summed E-state index contributed by atoms with van der Waals surface area (Å²) in [6.45, 7) is 10.6. The zero-order chi connectivity index (χ0) is 13.0. The van der Waals surface area contributed by atoms with Crippen LogP contribution in [0, 0.1) is 17.2 Å². The molecule has 4 nitrogen and oxygen atoms in total. The van der Waals surface area contributed by atoms with E-state index >= 15 is 0 Å². The first-order chi connectivity index (χ1) is 8.69. The lowest BCUT2D eigenvalue weighted by Crippen LogP contribution is -2.50. The molecule has 2 aliphatic rings. The molecule has 2 saturated heterocycles. The molecule has 102 valence electrons. The third-order valence-electron chi connectivity index (χ3n) is 4.13. The van der Waals surface area contributed by atoms with Crippen LogP contribution in [0.3, 0.4) is 0 Å². The van der Waals surface area contributed by atoms with Gasteiger partial charge >= 0.3 is 0 Å². The fraction of sp³-hybridized carbons (Fsp3) is 0.929. The molecular formula is C14H25N3O. The van der Waals surface area contributed by atoms with Crippen molar-refractivity contribution in [3.05, 3.63) is 0 Å². The van der Waals surface area contributed by atoms with Crippen LogP contribution in [-0.4, -0.2) is 61.3 Å². The topological polar surface area (TPSA) is 39.5 Å². The molecule has 0 N–H and O–H groups in total. The van der Waals surface area contributed by atoms with Crippen LogP contribution < -0.4 is 0 Å². The maximum Gasteiger partial charge on any atom is 0.0829 e. The van der Waals surface area contributed by atoms with Crippen LogP contribution in [0.25, 0.3) is 0 Å². The maximum atomic E-state index is 8.89. The summed E-state index contributed by atoms with van der Waals surface area (Å²) in [6.07, 6.45) is 2.40. The van der Waals surface area contributed by atoms with Crippen LogP contribution in [0.15, 0.2) is 0 Å². The number of ether oxygens (including phenoxy) is 1. The Morgan fingerprint density at radius 3 is 2.61 bits per heavy atom. The van der Waals surface area contributed by atoms with Crippen molar-refractivity contribution in [2.45, 2.75) is 38.8 Å². The van der Waals surface area contributed by atoms with Gasteiger partial charge in [-0.3, -0.25) is 4.90 Å². The van der Waals surface area contributed by atoms with Gasteiger partial charge < -0.3 is 9.64 Å². The van der Waals surface area contributed by atoms with Gasteiger partial charge in [0.25, 0.3) is 0 Å². The SMILES string of the molecule is CC(C)N1CCOC(CN2CCC(C#N)CC2)C1. The fourth-order valence-electron chi connectivity index (χ4n) is 2.85. The van der Waals surface area contributed by atoms with E-state index in [9.17, 15) is 0 Å². The van der Waals surface area contributed by atoms with Gasteiger partial charge in [0.1, 0.15) is 0 Å². The van der Waals surface area contributed by atoms with Crippen molar-refractivity contribution >= 4 is 0 Å². The summed E-state index contributed by atoms with van der Waals surface area (Å²) < 4.78 is 5.87. The molecule has 4 heteroatoms. The highest BCUT2D eigenvalue weighted by molar-refractivity contribution is 4.88. The van der Waals surface area contributed by atoms with E-state index in [0.717, 1.165) is 52.2 Å². The summed E-state index contributed by atoms with van der Waals surface area (Å²) in [6, 6.07) is 3.00. The Balaban J connectivity index is 1.75. The average molecular weight is 251 g/mol. The van der Waals surface area contributed by atoms with E-state index < -0.39 is 0 Å². The minimum Gasteiger partial charge on any atom is -0.374 e. The van der Waals surface area contributed by atoms with Gasteiger partial charge in [0.05, 0.1) is 18.8 Å². The summed E-state index contributed by atoms with van der Waals surface area (Å²) in [4.78, 5) is 4.96. The number of hydrogen-bond donors (Lipinski definition) is 0. The van der Waals surface area contributed by atoms with Crippen molar-refractivity contribution in [2.24, 2.45) is 5.92 Å². The summed E-state index contributed by atoms with van der Waals surface area (Å²) in [7, 11) is 0. The standard InChI is InChI=1S/C14H25N3O/c1-12(2)17-7-8-18-14(11-17)10-16-5-3-13(9-15)4-6-16/h12-14H,3-8,10-11H2,1-2H3. The largest absolute Gasteiger partial charge is 0.374 e. The summed E-state index contributed by atoms with van der Waals surface area (Å²) in [5, 5.41) is 8.89. The second kappa shape index (κ2) is 6.51. The van der Waals surface area contributed by atoms with Gasteiger partial charge in [0.15, 0.2) is 0 Å². The average Bonchev–Trinajstić information content (AvgIpc) is 2.40. The number of nitrogens with zero attached hydrogens (tertiary/aromatic N) is 3. The minimum absolute atomic E-state index is 0.278. The van der Waals surface area contributed by atoms with Gasteiger partial charge in [-0.25, -0.2) is 0 Å². The highest BCUT2D eigenvalue weighted by Crippen LogP contribution is 2.18. The van der Waals surface area contributed by atoms with Gasteiger partial charge in [-0.2, -0.15) is 5.26 Å². The Hall–Kier alpha value is -0.630. The molecule has 2 aliphatic heterocycles. The highest BCUT2D eigenvalue weighted by Gasteiger charge is 2.26. The number of rotatable bonds is 3. The van der Waals surface area contributed by atoms with Crippen LogP contribution in [0.2, 0.25) is 0 Å². The van der Waals surface area contributed by atoms with E-state index in [2.05, 4.69) is 29.7 Å². The zero-order valence-corrected chi connectivity index (χ0v) is 11.6. The van der Waals surface area contributed by atoms with Crippen LogP contribution >= 0.6 is 0 Å². The van der Waals surface area contributed by atoms with Crippen molar-refractivity contribution < 1.29 is 4.74 Å². The maximum absolute atomic E-state index is 8.89. The molecule has 2 heterocycles. The highest BCUT2D eigenvalue weighted by atomic mass is 16.5. The molecule has 18 heavy (non-hydrogen) atoms. The molecule has 0 amide bonds. The molecule has 0 spiro atoms. The lowest BCUT2D eigenvalue weighted by atomic mass is 9.98. The molecule has 0 saturated carbocycles. The van der Waals surface area contributed by atoms with E-state index in [4.69, 9.17) is 10.00 Å². The number of likely N-dealkylation sites (tertiary alicyclic amines) is 1. The van der Waals surface area contributed by atoms with Gasteiger partial charge in [-0.05, 0) is 39.8 Å². The van der Waals surface area contributed by atoms with Crippen molar-refractivity contribution in [1.29, 1.82) is 5.26 Å². The second-order valence-corrected chi connectivity index (χ2v) is 5.79. The molecule has 2 rings (SSSR count). The normalized spacial score (nSPS) is 28.4. The molecule has 0 aromatic rings. The van der Waals surface area contributed by atoms with Gasteiger partial charge in [-0.15, -0.1) is 0 Å². The molecule has 0 bridgehead atoms. The van der Waals surface area contributed by atoms with E-state index in [1.165, 1.54) is 0 Å². The van der Waals surface area contributed by atoms with E-state index in [1.54, 1.807) is 0 Å². The quantitative estimate of drug-likeness (QED) is 0.758. The smallest absolute Gasteiger partial charge is 0.0829 e. The van der Waals surface area contributed by atoms with Crippen molar-refractivity contribution in [3.8, 4) is 6.07 Å². The van der Waals surface area contributed by atoms with E-state index in [1.807, 2.05) is 0 Å². The van der Waals surface area contributed by atoms with E-state index in [0.29, 0.717) is 12.1 Å². The molecule has 0 aromatic heterocycles. The Morgan fingerprint density at radius 2 is 2.00 bits per heavy atom. The van der Waals surface area contributed by atoms with Crippen LogP contribution in [0.4, 0.5) is 0 Å². The molecular weight excluding hydrogens is 226 g/mol. The van der Waals surface area contributed by atoms with Crippen molar-refractivity contribution in [1.82, 2.24) is 9.80 Å². The first-order valence-corrected chi connectivity index (χ1v) is 7.16. The summed E-state index contributed by atoms with van der Waals surface area (Å²) in [5.74, 6) is 0.278. The molecule has 1 unspecified atom stereocenters. The molecule has 0 aromatic carbocycles. The fourth-order valence-corrected chi connectivity index (χ4v) is 2.85. The third-order valence-corrected chi connectivity index (χ3v) is 4.13. The number of morpholine rings is 1. The van der Waals surface area contributed by atoms with Gasteiger partial charge in [0, 0.05) is 31.6 Å². The Bertz CT molecular complexity index is 292. The van der Waals surface area contributed by atoms with E-state index in [-0.39, 0.29) is 5.92 Å². The zero-order valence-electron chi connectivity index (χ0n) is 11.6. The molecule has 2 fully saturated rings. The first-order valence-electron chi connectivity index (χ1n) is 7.16. The third kappa shape index (κ3) is 3.68. The summed E-state index contributed by atoms with van der Waals surface area (Å²) >= 11 is 0. The van der Waals surface area contributed by atoms with Gasteiger partial charge in [0.2, 0.25) is 0 Å². The van der Waals surface area contributed by atoms with Crippen molar-refractivity contribution in [3.63, 3.8) is 0 Å². The Morgan fingerprint density at radius 1 is 1.28 bits per heavy atom. The van der Waals surface area contributed by atoms with Crippen LogP contribution in [-0.2, 0) is 4.74 Å². The number of hydrogen-bond acceptors (Lipinski definition) is 4. The molecule has 0 aliphatic carbocycles. The first kappa shape index (κ1) is 13.8. The molecule has 1 atom stereocenters. The summed E-state index contributed by atoms with van der Waals surface area (Å²) in [5.41, 5.74) is 0. The number of nitriles is 1. The minimum atomic E-state index is 0.278. The predicted octanol–water partition coefficient (Wildman–Crippen LogP) is 1.33. The Kier molecular flexibility index (Phi) is 4.99.